The van der Waals surface area contributed by atoms with Crippen molar-refractivity contribution in [2.45, 2.75) is 18.3 Å². The Hall–Kier alpha value is -1.09. The van der Waals surface area contributed by atoms with Crippen LogP contribution in [0, 0.1) is 11.7 Å². The second-order valence-electron chi connectivity index (χ2n) is 4.48. The van der Waals surface area contributed by atoms with Crippen LogP contribution in [0.2, 0.25) is 0 Å². The van der Waals surface area contributed by atoms with Gasteiger partial charge in [-0.1, -0.05) is 0 Å². The lowest BCUT2D eigenvalue weighted by Crippen LogP contribution is -2.22. The highest BCUT2D eigenvalue weighted by atomic mass is 19.1. The molecular weight excluding hydrogens is 195 g/mol. The first-order chi connectivity index (χ1) is 7.26. The van der Waals surface area contributed by atoms with E-state index in [1.54, 1.807) is 12.1 Å². The lowest BCUT2D eigenvalue weighted by atomic mass is 9.87. The lowest BCUT2D eigenvalue weighted by molar-refractivity contribution is 0.224. The van der Waals surface area contributed by atoms with Gasteiger partial charge in [0, 0.05) is 17.6 Å². The summed E-state index contributed by atoms with van der Waals surface area (Å²) in [4.78, 5) is 0. The Morgan fingerprint density at radius 2 is 2.40 bits per heavy atom. The number of halogens is 1. The van der Waals surface area contributed by atoms with Crippen molar-refractivity contribution < 1.29 is 14.2 Å². The molecule has 1 N–H and O–H groups in total. The van der Waals surface area contributed by atoms with Crippen molar-refractivity contribution in [2.75, 3.05) is 13.2 Å². The van der Waals surface area contributed by atoms with Crippen molar-refractivity contribution in [1.82, 2.24) is 0 Å². The second-order valence-corrected chi connectivity index (χ2v) is 4.48. The maximum absolute atomic E-state index is 13.2. The number of hydrogen-bond acceptors (Lipinski definition) is 2. The molecule has 1 aliphatic heterocycles. The zero-order chi connectivity index (χ0) is 10.5. The van der Waals surface area contributed by atoms with Gasteiger partial charge in [0.05, 0.1) is 6.61 Å². The van der Waals surface area contributed by atoms with Crippen molar-refractivity contribution in [3.8, 4) is 5.75 Å². The summed E-state index contributed by atoms with van der Waals surface area (Å²) in [5.41, 5.74) is 0.956. The van der Waals surface area contributed by atoms with Crippen LogP contribution in [0.25, 0.3) is 0 Å². The Balaban J connectivity index is 2.07. The molecule has 15 heavy (non-hydrogen) atoms. The van der Waals surface area contributed by atoms with Crippen molar-refractivity contribution in [3.63, 3.8) is 0 Å². The predicted molar refractivity (Wildman–Crippen MR) is 53.4 cm³/mol. The Labute approximate surface area is 87.7 Å². The van der Waals surface area contributed by atoms with Gasteiger partial charge in [-0.25, -0.2) is 4.39 Å². The summed E-state index contributed by atoms with van der Waals surface area (Å²) in [6, 6.07) is 4.68. The van der Waals surface area contributed by atoms with Crippen LogP contribution in [0.5, 0.6) is 5.75 Å². The number of aliphatic hydroxyl groups is 1. The van der Waals surface area contributed by atoms with Gasteiger partial charge in [-0.15, -0.1) is 0 Å². The molecule has 1 aromatic carbocycles. The molecule has 0 aromatic heterocycles. The van der Waals surface area contributed by atoms with Crippen molar-refractivity contribution in [1.29, 1.82) is 0 Å². The molecule has 0 radical (unpaired) electrons. The number of aliphatic hydroxyl groups excluding tert-OH is 1. The summed E-state index contributed by atoms with van der Waals surface area (Å²) in [7, 11) is 0. The quantitative estimate of drug-likeness (QED) is 0.763. The monoisotopic (exact) mass is 208 g/mol. The minimum absolute atomic E-state index is 0.00440. The fraction of sp³-hybridized carbons (Fsp3) is 0.500. The summed E-state index contributed by atoms with van der Waals surface area (Å²) in [6.45, 7) is 0.866. The maximum atomic E-state index is 13.2. The smallest absolute Gasteiger partial charge is 0.123 e. The highest BCUT2D eigenvalue weighted by Gasteiger charge is 2.57. The fourth-order valence-corrected chi connectivity index (χ4v) is 2.75. The molecule has 2 atom stereocenters. The topological polar surface area (TPSA) is 29.5 Å². The molecule has 0 bridgehead atoms. The van der Waals surface area contributed by atoms with Crippen LogP contribution in [0.4, 0.5) is 4.39 Å². The number of ether oxygens (including phenoxy) is 1. The summed E-state index contributed by atoms with van der Waals surface area (Å²) < 4.78 is 18.7. The molecule has 2 nitrogen and oxygen atoms in total. The summed E-state index contributed by atoms with van der Waals surface area (Å²) in [6.07, 6.45) is 1.86. The molecule has 0 amide bonds. The van der Waals surface area contributed by atoms with Gasteiger partial charge in [0.1, 0.15) is 11.6 Å². The molecule has 2 aliphatic rings. The molecule has 1 fully saturated rings. The first kappa shape index (κ1) is 9.16. The summed E-state index contributed by atoms with van der Waals surface area (Å²) >= 11 is 0. The molecule has 1 saturated carbocycles. The van der Waals surface area contributed by atoms with Crippen molar-refractivity contribution >= 4 is 0 Å². The van der Waals surface area contributed by atoms with Gasteiger partial charge in [0.25, 0.3) is 0 Å². The Kier molecular flexibility index (Phi) is 1.80. The zero-order valence-electron chi connectivity index (χ0n) is 8.37. The van der Waals surface area contributed by atoms with E-state index in [2.05, 4.69) is 0 Å². The van der Waals surface area contributed by atoms with Crippen LogP contribution in [-0.4, -0.2) is 18.3 Å². The van der Waals surface area contributed by atoms with Gasteiger partial charge in [-0.05, 0) is 37.0 Å². The molecule has 1 aliphatic carbocycles. The molecule has 1 spiro atoms. The van der Waals surface area contributed by atoms with E-state index in [1.165, 1.54) is 6.07 Å². The van der Waals surface area contributed by atoms with Gasteiger partial charge in [-0.3, -0.25) is 0 Å². The fourth-order valence-electron chi connectivity index (χ4n) is 2.75. The number of rotatable bonds is 1. The number of fused-ring (bicyclic) bond motifs is 2. The average Bonchev–Trinajstić information content (AvgIpc) is 2.94. The average molecular weight is 208 g/mol. The van der Waals surface area contributed by atoms with E-state index < -0.39 is 0 Å². The van der Waals surface area contributed by atoms with E-state index in [1.807, 2.05) is 0 Å². The standard InChI is InChI=1S/C12H13FO2/c13-9-1-2-11-10(5-9)12(3-4-15-11)6-8(12)7-14/h1-2,5,8,14H,3-4,6-7H2/t8-,12+/m0/s1. The molecule has 3 rings (SSSR count). The minimum atomic E-state index is -0.220. The second kappa shape index (κ2) is 2.95. The van der Waals surface area contributed by atoms with E-state index in [9.17, 15) is 9.50 Å². The molecule has 0 unspecified atom stereocenters. The molecule has 1 heterocycles. The lowest BCUT2D eigenvalue weighted by Gasteiger charge is -2.26. The molecule has 0 saturated heterocycles. The SMILES string of the molecule is OC[C@@H]1C[C@]12CCOc1ccc(F)cc12. The van der Waals surface area contributed by atoms with Gasteiger partial charge < -0.3 is 9.84 Å². The van der Waals surface area contributed by atoms with Crippen LogP contribution < -0.4 is 4.74 Å². The number of benzene rings is 1. The molecule has 3 heteroatoms. The number of hydrogen-bond donors (Lipinski definition) is 1. The normalized spacial score (nSPS) is 32.3. The van der Waals surface area contributed by atoms with Crippen molar-refractivity contribution in [2.24, 2.45) is 5.92 Å². The minimum Gasteiger partial charge on any atom is -0.493 e. The third kappa shape index (κ3) is 1.19. The first-order valence-corrected chi connectivity index (χ1v) is 5.30. The highest BCUT2D eigenvalue weighted by Crippen LogP contribution is 2.60. The van der Waals surface area contributed by atoms with E-state index in [0.29, 0.717) is 12.5 Å². The third-order valence-electron chi connectivity index (χ3n) is 3.74. The van der Waals surface area contributed by atoms with Gasteiger partial charge in [-0.2, -0.15) is 0 Å². The molecule has 1 aromatic rings. The van der Waals surface area contributed by atoms with Gasteiger partial charge in [0.15, 0.2) is 0 Å². The van der Waals surface area contributed by atoms with Gasteiger partial charge in [0.2, 0.25) is 0 Å². The Morgan fingerprint density at radius 1 is 1.53 bits per heavy atom. The predicted octanol–water partition coefficient (Wildman–Crippen LogP) is 1.86. The van der Waals surface area contributed by atoms with Crippen LogP contribution in [0.15, 0.2) is 18.2 Å². The molecule has 80 valence electrons. The van der Waals surface area contributed by atoms with E-state index in [-0.39, 0.29) is 17.8 Å². The van der Waals surface area contributed by atoms with Crippen molar-refractivity contribution in [3.05, 3.63) is 29.6 Å². The Morgan fingerprint density at radius 3 is 3.13 bits per heavy atom. The van der Waals surface area contributed by atoms with Crippen LogP contribution >= 0.6 is 0 Å². The molecular formula is C12H13FO2. The van der Waals surface area contributed by atoms with Crippen LogP contribution in [0.3, 0.4) is 0 Å². The van der Waals surface area contributed by atoms with Crippen LogP contribution in [-0.2, 0) is 5.41 Å². The Bertz CT molecular complexity index is 405. The van der Waals surface area contributed by atoms with E-state index >= 15 is 0 Å². The van der Waals surface area contributed by atoms with Crippen LogP contribution in [0.1, 0.15) is 18.4 Å². The first-order valence-electron chi connectivity index (χ1n) is 5.30. The maximum Gasteiger partial charge on any atom is 0.123 e. The zero-order valence-corrected chi connectivity index (χ0v) is 8.37. The van der Waals surface area contributed by atoms with Gasteiger partial charge >= 0.3 is 0 Å². The van der Waals surface area contributed by atoms with E-state index in [0.717, 1.165) is 24.2 Å². The third-order valence-corrected chi connectivity index (χ3v) is 3.74. The van der Waals surface area contributed by atoms with E-state index in [4.69, 9.17) is 4.74 Å². The summed E-state index contributed by atoms with van der Waals surface area (Å²) in [5.74, 6) is 0.864. The summed E-state index contributed by atoms with van der Waals surface area (Å²) in [5, 5.41) is 9.18. The largest absolute Gasteiger partial charge is 0.493 e. The highest BCUT2D eigenvalue weighted by molar-refractivity contribution is 5.46.